The Morgan fingerprint density at radius 1 is 1.10 bits per heavy atom. The van der Waals surface area contributed by atoms with E-state index in [4.69, 9.17) is 0 Å². The lowest BCUT2D eigenvalue weighted by atomic mass is 9.99. The van der Waals surface area contributed by atoms with Crippen molar-refractivity contribution < 1.29 is 4.79 Å². The molecule has 1 N–H and O–H groups in total. The summed E-state index contributed by atoms with van der Waals surface area (Å²) >= 11 is 1.45. The monoisotopic (exact) mass is 431 g/mol. The Labute approximate surface area is 185 Å². The fourth-order valence-corrected chi connectivity index (χ4v) is 4.84. The van der Waals surface area contributed by atoms with Crippen molar-refractivity contribution in [2.24, 2.45) is 0 Å². The summed E-state index contributed by atoms with van der Waals surface area (Å²) in [6.07, 6.45) is 1.98. The number of rotatable bonds is 5. The van der Waals surface area contributed by atoms with E-state index in [2.05, 4.69) is 23.3 Å². The zero-order valence-electron chi connectivity index (χ0n) is 18.1. The molecule has 0 fully saturated rings. The average molecular weight is 432 g/mol. The highest BCUT2D eigenvalue weighted by Crippen LogP contribution is 2.33. The molecule has 2 aromatic heterocycles. The molecule has 0 saturated heterocycles. The lowest BCUT2D eigenvalue weighted by Gasteiger charge is -2.18. The summed E-state index contributed by atoms with van der Waals surface area (Å²) < 4.78 is 1.47. The number of hydrogen-bond acceptors (Lipinski definition) is 4. The first-order valence-corrected chi connectivity index (χ1v) is 11.2. The summed E-state index contributed by atoms with van der Waals surface area (Å²) in [5, 5.41) is 5.49. The second-order valence-electron chi connectivity index (χ2n) is 7.89. The van der Waals surface area contributed by atoms with E-state index in [0.717, 1.165) is 27.9 Å². The summed E-state index contributed by atoms with van der Waals surface area (Å²) in [4.78, 5) is 31.8. The highest BCUT2D eigenvalue weighted by Gasteiger charge is 2.23. The van der Waals surface area contributed by atoms with Crippen molar-refractivity contribution >= 4 is 33.1 Å². The first-order valence-electron chi connectivity index (χ1n) is 10.3. The van der Waals surface area contributed by atoms with Gasteiger partial charge in [0.25, 0.3) is 5.56 Å². The van der Waals surface area contributed by atoms with Crippen LogP contribution < -0.4 is 10.9 Å². The van der Waals surface area contributed by atoms with Crippen LogP contribution in [0.1, 0.15) is 36.1 Å². The van der Waals surface area contributed by atoms with Crippen molar-refractivity contribution in [3.63, 3.8) is 0 Å². The molecule has 2 heterocycles. The van der Waals surface area contributed by atoms with Crippen molar-refractivity contribution in [3.8, 4) is 11.1 Å². The maximum absolute atomic E-state index is 13.5. The third-order valence-corrected chi connectivity index (χ3v) is 6.39. The second kappa shape index (κ2) is 8.47. The predicted molar refractivity (Wildman–Crippen MR) is 128 cm³/mol. The molecule has 0 aliphatic heterocycles. The Morgan fingerprint density at radius 2 is 1.87 bits per heavy atom. The standard InChI is InChI=1S/C25H25N3O2S/c1-5-21(23(29)27-18-8-6-7-15(2)12-18)28-14-26-24-22(25(28)30)20(13-31-24)19-10-9-16(3)11-17(19)4/h6-14,21H,5H2,1-4H3,(H,27,29). The minimum absolute atomic E-state index is 0.188. The van der Waals surface area contributed by atoms with Gasteiger partial charge in [0.1, 0.15) is 10.9 Å². The molecule has 0 aliphatic rings. The summed E-state index contributed by atoms with van der Waals surface area (Å²) in [7, 11) is 0. The summed E-state index contributed by atoms with van der Waals surface area (Å²) in [5.41, 5.74) is 5.77. The molecule has 0 spiro atoms. The molecule has 158 valence electrons. The third kappa shape index (κ3) is 4.03. The van der Waals surface area contributed by atoms with Crippen molar-refractivity contribution in [2.45, 2.75) is 40.2 Å². The van der Waals surface area contributed by atoms with Gasteiger partial charge in [0.05, 0.1) is 11.7 Å². The number of thiophene rings is 1. The summed E-state index contributed by atoms with van der Waals surface area (Å²) in [6, 6.07) is 13.2. The van der Waals surface area contributed by atoms with E-state index in [1.807, 2.05) is 62.5 Å². The van der Waals surface area contributed by atoms with Gasteiger partial charge in [0, 0.05) is 16.6 Å². The number of carbonyl (C=O) groups is 1. The Hall–Kier alpha value is -3.25. The van der Waals surface area contributed by atoms with E-state index in [9.17, 15) is 9.59 Å². The van der Waals surface area contributed by atoms with Crippen LogP contribution in [0.15, 0.2) is 59.0 Å². The molecule has 0 bridgehead atoms. The highest BCUT2D eigenvalue weighted by molar-refractivity contribution is 7.17. The van der Waals surface area contributed by atoms with Crippen LogP contribution in [0.3, 0.4) is 0 Å². The normalized spacial score (nSPS) is 12.1. The maximum atomic E-state index is 13.5. The highest BCUT2D eigenvalue weighted by atomic mass is 32.1. The van der Waals surface area contributed by atoms with Gasteiger partial charge in [-0.25, -0.2) is 4.98 Å². The fourth-order valence-electron chi connectivity index (χ4n) is 3.94. The molecular formula is C25H25N3O2S. The number of fused-ring (bicyclic) bond motifs is 1. The quantitative estimate of drug-likeness (QED) is 0.445. The van der Waals surface area contributed by atoms with Crippen LogP contribution in [-0.4, -0.2) is 15.5 Å². The lowest BCUT2D eigenvalue weighted by Crippen LogP contribution is -2.33. The number of aromatic nitrogens is 2. The van der Waals surface area contributed by atoms with Gasteiger partial charge in [-0.3, -0.25) is 14.2 Å². The van der Waals surface area contributed by atoms with Crippen molar-refractivity contribution in [1.29, 1.82) is 0 Å². The second-order valence-corrected chi connectivity index (χ2v) is 8.75. The number of anilines is 1. The van der Waals surface area contributed by atoms with Gasteiger partial charge in [-0.15, -0.1) is 11.3 Å². The Balaban J connectivity index is 1.77. The van der Waals surface area contributed by atoms with E-state index < -0.39 is 6.04 Å². The third-order valence-electron chi connectivity index (χ3n) is 5.50. The van der Waals surface area contributed by atoms with E-state index in [1.165, 1.54) is 27.8 Å². The van der Waals surface area contributed by atoms with Gasteiger partial charge >= 0.3 is 0 Å². The zero-order valence-corrected chi connectivity index (χ0v) is 18.9. The molecule has 1 atom stereocenters. The predicted octanol–water partition coefficient (Wildman–Crippen LogP) is 5.64. The lowest BCUT2D eigenvalue weighted by molar-refractivity contribution is -0.119. The molecule has 2 aromatic carbocycles. The smallest absolute Gasteiger partial charge is 0.263 e. The van der Waals surface area contributed by atoms with Gasteiger partial charge in [-0.2, -0.15) is 0 Å². The largest absolute Gasteiger partial charge is 0.324 e. The molecule has 4 aromatic rings. The molecule has 4 rings (SSSR count). The Kier molecular flexibility index (Phi) is 5.74. The van der Waals surface area contributed by atoms with Crippen LogP contribution in [0.5, 0.6) is 0 Å². The first-order chi connectivity index (χ1) is 14.9. The van der Waals surface area contributed by atoms with Gasteiger partial charge < -0.3 is 5.32 Å². The summed E-state index contributed by atoms with van der Waals surface area (Å²) in [5.74, 6) is -0.223. The fraction of sp³-hybridized carbons (Fsp3) is 0.240. The molecule has 1 amide bonds. The molecule has 0 saturated carbocycles. The van der Waals surface area contributed by atoms with Crippen LogP contribution in [0.2, 0.25) is 0 Å². The van der Waals surface area contributed by atoms with E-state index >= 15 is 0 Å². The average Bonchev–Trinajstić information content (AvgIpc) is 3.15. The first kappa shape index (κ1) is 21.0. The van der Waals surface area contributed by atoms with Crippen LogP contribution in [0.4, 0.5) is 5.69 Å². The summed E-state index contributed by atoms with van der Waals surface area (Å²) in [6.45, 7) is 7.97. The number of aryl methyl sites for hydroxylation is 3. The molecule has 0 radical (unpaired) electrons. The van der Waals surface area contributed by atoms with Crippen LogP contribution >= 0.6 is 11.3 Å². The topological polar surface area (TPSA) is 64.0 Å². The Morgan fingerprint density at radius 3 is 2.58 bits per heavy atom. The molecule has 1 unspecified atom stereocenters. The van der Waals surface area contributed by atoms with Crippen LogP contribution in [-0.2, 0) is 4.79 Å². The number of hydrogen-bond donors (Lipinski definition) is 1. The number of benzene rings is 2. The number of nitrogens with one attached hydrogen (secondary N) is 1. The molecule has 31 heavy (non-hydrogen) atoms. The SMILES string of the molecule is CCC(C(=O)Nc1cccc(C)c1)n1cnc2scc(-c3ccc(C)cc3C)c2c1=O. The van der Waals surface area contributed by atoms with E-state index in [-0.39, 0.29) is 11.5 Å². The van der Waals surface area contributed by atoms with Gasteiger partial charge in [0.15, 0.2) is 0 Å². The van der Waals surface area contributed by atoms with Crippen molar-refractivity contribution in [3.05, 3.63) is 81.2 Å². The minimum Gasteiger partial charge on any atom is -0.324 e. The van der Waals surface area contributed by atoms with Crippen LogP contribution in [0, 0.1) is 20.8 Å². The van der Waals surface area contributed by atoms with E-state index in [1.54, 1.807) is 0 Å². The molecular weight excluding hydrogens is 406 g/mol. The number of carbonyl (C=O) groups excluding carboxylic acids is 1. The van der Waals surface area contributed by atoms with Gasteiger partial charge in [-0.1, -0.05) is 42.8 Å². The molecule has 5 nitrogen and oxygen atoms in total. The maximum Gasteiger partial charge on any atom is 0.263 e. The van der Waals surface area contributed by atoms with Gasteiger partial charge in [0.2, 0.25) is 5.91 Å². The van der Waals surface area contributed by atoms with E-state index in [0.29, 0.717) is 16.6 Å². The molecule has 0 aliphatic carbocycles. The van der Waals surface area contributed by atoms with Crippen molar-refractivity contribution in [1.82, 2.24) is 9.55 Å². The zero-order chi connectivity index (χ0) is 22.1. The minimum atomic E-state index is -0.642. The molecule has 6 heteroatoms. The van der Waals surface area contributed by atoms with Crippen LogP contribution in [0.25, 0.3) is 21.3 Å². The van der Waals surface area contributed by atoms with Gasteiger partial charge in [-0.05, 0) is 56.0 Å². The Bertz CT molecular complexity index is 1340. The number of nitrogens with zero attached hydrogens (tertiary/aromatic N) is 2. The van der Waals surface area contributed by atoms with Crippen molar-refractivity contribution in [2.75, 3.05) is 5.32 Å². The number of amides is 1.